The fourth-order valence-corrected chi connectivity index (χ4v) is 1.53. The second-order valence-corrected chi connectivity index (χ2v) is 3.85. The third-order valence-corrected chi connectivity index (χ3v) is 2.80. The molecular formula is C7H8BrN3O2. The molecule has 1 heterocycles. The molecule has 0 aliphatic heterocycles. The predicted molar refractivity (Wildman–Crippen MR) is 51.7 cm³/mol. The van der Waals surface area contributed by atoms with E-state index in [1.807, 2.05) is 0 Å². The molecule has 1 aliphatic rings. The van der Waals surface area contributed by atoms with Crippen LogP contribution in [-0.2, 0) is 0 Å². The lowest BCUT2D eigenvalue weighted by Gasteiger charge is -2.07. The Morgan fingerprint density at radius 1 is 1.46 bits per heavy atom. The molecule has 0 spiro atoms. The summed E-state index contributed by atoms with van der Waals surface area (Å²) in [7, 11) is 0. The summed E-state index contributed by atoms with van der Waals surface area (Å²) in [6.45, 7) is 0. The fraction of sp³-hybridized carbons (Fsp3) is 0.429. The zero-order chi connectivity index (χ0) is 9.59. The van der Waals surface area contributed by atoms with E-state index in [1.165, 1.54) is 4.57 Å². The van der Waals surface area contributed by atoms with E-state index in [-0.39, 0.29) is 16.3 Å². The maximum absolute atomic E-state index is 11.3. The first-order valence-electron chi connectivity index (χ1n) is 3.91. The largest absolute Gasteiger partial charge is 0.384 e. The highest BCUT2D eigenvalue weighted by atomic mass is 79.9. The quantitative estimate of drug-likeness (QED) is 0.743. The number of aromatic amines is 1. The molecule has 0 saturated heterocycles. The van der Waals surface area contributed by atoms with Gasteiger partial charge in [0.05, 0.1) is 0 Å². The number of nitrogens with one attached hydrogen (secondary N) is 1. The van der Waals surface area contributed by atoms with E-state index in [1.54, 1.807) is 0 Å². The van der Waals surface area contributed by atoms with Gasteiger partial charge >= 0.3 is 5.69 Å². The van der Waals surface area contributed by atoms with Crippen LogP contribution in [0.2, 0.25) is 0 Å². The van der Waals surface area contributed by atoms with Crippen molar-refractivity contribution in [3.63, 3.8) is 0 Å². The van der Waals surface area contributed by atoms with Gasteiger partial charge < -0.3 is 5.73 Å². The SMILES string of the molecule is Nc1c(Br)c(=O)[nH]c(=O)n1C1CC1. The fourth-order valence-electron chi connectivity index (χ4n) is 1.24. The third kappa shape index (κ3) is 1.31. The van der Waals surface area contributed by atoms with Crippen molar-refractivity contribution in [2.24, 2.45) is 0 Å². The van der Waals surface area contributed by atoms with E-state index in [0.29, 0.717) is 0 Å². The summed E-state index contributed by atoms with van der Waals surface area (Å²) >= 11 is 3.03. The first kappa shape index (κ1) is 8.55. The van der Waals surface area contributed by atoms with Crippen LogP contribution in [0.4, 0.5) is 5.82 Å². The highest BCUT2D eigenvalue weighted by Gasteiger charge is 2.27. The smallest absolute Gasteiger partial charge is 0.330 e. The molecule has 5 nitrogen and oxygen atoms in total. The van der Waals surface area contributed by atoms with Crippen molar-refractivity contribution in [2.45, 2.75) is 18.9 Å². The predicted octanol–water partition coefficient (Wildman–Crippen LogP) is 0.216. The monoisotopic (exact) mass is 245 g/mol. The standard InChI is InChI=1S/C7H8BrN3O2/c8-4-5(9)11(3-1-2-3)7(13)10-6(4)12/h3H,1-2,9H2,(H,10,12,13). The lowest BCUT2D eigenvalue weighted by atomic mass is 10.5. The van der Waals surface area contributed by atoms with Crippen molar-refractivity contribution < 1.29 is 0 Å². The summed E-state index contributed by atoms with van der Waals surface area (Å²) in [4.78, 5) is 24.6. The van der Waals surface area contributed by atoms with E-state index in [9.17, 15) is 9.59 Å². The molecule has 3 N–H and O–H groups in total. The van der Waals surface area contributed by atoms with Gasteiger partial charge in [0.25, 0.3) is 5.56 Å². The number of H-pyrrole nitrogens is 1. The van der Waals surface area contributed by atoms with Gasteiger partial charge in [0.2, 0.25) is 0 Å². The lowest BCUT2D eigenvalue weighted by molar-refractivity contribution is 0.684. The van der Waals surface area contributed by atoms with Gasteiger partial charge in [-0.05, 0) is 28.8 Å². The van der Waals surface area contributed by atoms with Crippen LogP contribution in [0.1, 0.15) is 18.9 Å². The van der Waals surface area contributed by atoms with E-state index >= 15 is 0 Å². The van der Waals surface area contributed by atoms with Crippen LogP contribution in [0.25, 0.3) is 0 Å². The van der Waals surface area contributed by atoms with Crippen molar-refractivity contribution in [2.75, 3.05) is 5.73 Å². The number of nitrogens with two attached hydrogens (primary N) is 1. The van der Waals surface area contributed by atoms with Gasteiger partial charge in [-0.3, -0.25) is 14.3 Å². The Bertz CT molecular complexity index is 458. The Morgan fingerprint density at radius 3 is 2.62 bits per heavy atom. The number of hydrogen-bond donors (Lipinski definition) is 2. The van der Waals surface area contributed by atoms with Crippen LogP contribution in [0.3, 0.4) is 0 Å². The summed E-state index contributed by atoms with van der Waals surface area (Å²) in [6.07, 6.45) is 1.89. The molecule has 0 atom stereocenters. The van der Waals surface area contributed by atoms with Crippen LogP contribution in [-0.4, -0.2) is 9.55 Å². The molecule has 2 rings (SSSR count). The molecule has 1 aromatic heterocycles. The summed E-state index contributed by atoms with van der Waals surface area (Å²) in [5.74, 6) is 0.219. The molecule has 0 bridgehead atoms. The summed E-state index contributed by atoms with van der Waals surface area (Å²) < 4.78 is 1.66. The molecule has 1 fully saturated rings. The van der Waals surface area contributed by atoms with Gasteiger partial charge in [-0.2, -0.15) is 0 Å². The second kappa shape index (κ2) is 2.73. The average molecular weight is 246 g/mol. The van der Waals surface area contributed by atoms with Crippen molar-refractivity contribution >= 4 is 21.7 Å². The van der Waals surface area contributed by atoms with Crippen LogP contribution >= 0.6 is 15.9 Å². The molecule has 70 valence electrons. The minimum Gasteiger partial charge on any atom is -0.384 e. The molecule has 6 heteroatoms. The molecule has 1 aliphatic carbocycles. The van der Waals surface area contributed by atoms with Crippen LogP contribution in [0.5, 0.6) is 0 Å². The van der Waals surface area contributed by atoms with Crippen LogP contribution in [0, 0.1) is 0 Å². The van der Waals surface area contributed by atoms with Crippen LogP contribution < -0.4 is 17.0 Å². The van der Waals surface area contributed by atoms with Gasteiger partial charge in [-0.1, -0.05) is 0 Å². The van der Waals surface area contributed by atoms with E-state index in [2.05, 4.69) is 20.9 Å². The van der Waals surface area contributed by atoms with Gasteiger partial charge in [0, 0.05) is 6.04 Å². The summed E-state index contributed by atoms with van der Waals surface area (Å²) in [5.41, 5.74) is 4.73. The first-order valence-corrected chi connectivity index (χ1v) is 4.70. The number of aromatic nitrogens is 2. The van der Waals surface area contributed by atoms with E-state index < -0.39 is 11.2 Å². The number of hydrogen-bond acceptors (Lipinski definition) is 3. The molecule has 1 saturated carbocycles. The Labute approximate surface area is 81.7 Å². The summed E-state index contributed by atoms with van der Waals surface area (Å²) in [6, 6.07) is 0.167. The Balaban J connectivity index is 2.74. The molecule has 13 heavy (non-hydrogen) atoms. The number of rotatable bonds is 1. The van der Waals surface area contributed by atoms with Gasteiger partial charge in [0.15, 0.2) is 0 Å². The summed E-state index contributed by atoms with van der Waals surface area (Å²) in [5, 5.41) is 0. The lowest BCUT2D eigenvalue weighted by Crippen LogP contribution is -2.32. The van der Waals surface area contributed by atoms with Crippen molar-refractivity contribution in [3.05, 3.63) is 25.3 Å². The number of nitrogen functional groups attached to an aromatic ring is 1. The minimum atomic E-state index is -0.473. The zero-order valence-electron chi connectivity index (χ0n) is 6.71. The highest BCUT2D eigenvalue weighted by molar-refractivity contribution is 9.10. The molecule has 0 amide bonds. The van der Waals surface area contributed by atoms with Crippen molar-refractivity contribution in [3.8, 4) is 0 Å². The number of anilines is 1. The average Bonchev–Trinajstić information content (AvgIpc) is 2.84. The van der Waals surface area contributed by atoms with Gasteiger partial charge in [-0.25, -0.2) is 4.79 Å². The molecule has 0 radical (unpaired) electrons. The van der Waals surface area contributed by atoms with Gasteiger partial charge in [0.1, 0.15) is 10.3 Å². The maximum atomic E-state index is 11.3. The van der Waals surface area contributed by atoms with E-state index in [0.717, 1.165) is 12.8 Å². The Morgan fingerprint density at radius 2 is 2.08 bits per heavy atom. The van der Waals surface area contributed by atoms with Crippen LogP contribution in [0.15, 0.2) is 14.1 Å². The zero-order valence-corrected chi connectivity index (χ0v) is 8.30. The van der Waals surface area contributed by atoms with Crippen molar-refractivity contribution in [1.29, 1.82) is 0 Å². The first-order chi connectivity index (χ1) is 6.11. The van der Waals surface area contributed by atoms with Crippen molar-refractivity contribution in [1.82, 2.24) is 9.55 Å². The minimum absolute atomic E-state index is 0.167. The number of halogens is 1. The molecular weight excluding hydrogens is 238 g/mol. The Hall–Kier alpha value is -1.04. The molecule has 0 aromatic carbocycles. The van der Waals surface area contributed by atoms with E-state index in [4.69, 9.17) is 5.73 Å². The van der Waals surface area contributed by atoms with Gasteiger partial charge in [-0.15, -0.1) is 0 Å². The normalized spacial score (nSPS) is 16.1. The number of nitrogens with zero attached hydrogens (tertiary/aromatic N) is 1. The molecule has 1 aromatic rings. The topological polar surface area (TPSA) is 80.9 Å². The highest BCUT2D eigenvalue weighted by Crippen LogP contribution is 2.35. The maximum Gasteiger partial charge on any atom is 0.330 e. The Kier molecular flexibility index (Phi) is 1.80. The third-order valence-electron chi connectivity index (χ3n) is 2.04. The molecule has 0 unspecified atom stereocenters. The second-order valence-electron chi connectivity index (χ2n) is 3.06.